The molecule has 0 radical (unpaired) electrons. The fourth-order valence-electron chi connectivity index (χ4n) is 2.89. The summed E-state index contributed by atoms with van der Waals surface area (Å²) in [4.78, 5) is 37.1. The summed E-state index contributed by atoms with van der Waals surface area (Å²) < 4.78 is 10.5. The highest BCUT2D eigenvalue weighted by atomic mass is 16.6. The van der Waals surface area contributed by atoms with Crippen molar-refractivity contribution in [2.75, 3.05) is 43.1 Å². The lowest BCUT2D eigenvalue weighted by Gasteiger charge is -2.22. The normalized spacial score (nSPS) is 10.1. The van der Waals surface area contributed by atoms with Gasteiger partial charge in [0.1, 0.15) is 5.75 Å². The Morgan fingerprint density at radius 2 is 1.97 bits per heavy atom. The van der Waals surface area contributed by atoms with Crippen molar-refractivity contribution in [2.45, 2.75) is 13.3 Å². The Bertz CT molecular complexity index is 1020. The van der Waals surface area contributed by atoms with Crippen LogP contribution in [0.1, 0.15) is 23.7 Å². The molecular weight excluding hydrogens is 432 g/mol. The van der Waals surface area contributed by atoms with Gasteiger partial charge in [0.25, 0.3) is 11.6 Å². The van der Waals surface area contributed by atoms with Crippen LogP contribution in [0.2, 0.25) is 0 Å². The lowest BCUT2D eigenvalue weighted by atomic mass is 10.1. The number of esters is 1. The fraction of sp³-hybridized carbons (Fsp3) is 0.318. The molecule has 33 heavy (non-hydrogen) atoms. The van der Waals surface area contributed by atoms with E-state index in [-0.39, 0.29) is 43.1 Å². The van der Waals surface area contributed by atoms with E-state index in [4.69, 9.17) is 19.8 Å². The first kappa shape index (κ1) is 25.1. The maximum Gasteiger partial charge on any atom is 0.341 e. The summed E-state index contributed by atoms with van der Waals surface area (Å²) in [6.07, 6.45) is 0.0625. The summed E-state index contributed by atoms with van der Waals surface area (Å²) in [6, 6.07) is 12.2. The molecule has 2 N–H and O–H groups in total. The molecule has 0 aromatic heterocycles. The molecule has 0 aliphatic rings. The lowest BCUT2D eigenvalue weighted by molar-refractivity contribution is -0.384. The van der Waals surface area contributed by atoms with Gasteiger partial charge in [-0.1, -0.05) is 0 Å². The molecule has 2 aromatic rings. The van der Waals surface area contributed by atoms with Crippen molar-refractivity contribution in [3.63, 3.8) is 0 Å². The minimum atomic E-state index is -0.945. The maximum atomic E-state index is 12.8. The van der Waals surface area contributed by atoms with E-state index in [1.165, 1.54) is 17.0 Å². The number of benzene rings is 2. The second-order valence-electron chi connectivity index (χ2n) is 6.59. The topological polar surface area (TPSA) is 155 Å². The standard InChI is InChI=1S/C22H24N4O7/c1-2-32-18-7-4-16(5-8-18)25(12-3-10-23)21(28)15-33-22(29)19-14-17(26(30)31)6-9-20(19)24-11-13-27/h4-9,14,24,27H,2-3,11-13,15H2,1H3. The highest BCUT2D eigenvalue weighted by Crippen LogP contribution is 2.24. The summed E-state index contributed by atoms with van der Waals surface area (Å²) in [5.41, 5.74) is 0.248. The van der Waals surface area contributed by atoms with E-state index in [2.05, 4.69) is 5.32 Å². The summed E-state index contributed by atoms with van der Waals surface area (Å²) in [5, 5.41) is 31.8. The first-order chi connectivity index (χ1) is 15.9. The van der Waals surface area contributed by atoms with Crippen LogP contribution in [0.25, 0.3) is 0 Å². The number of carbonyl (C=O) groups excluding carboxylic acids is 2. The van der Waals surface area contributed by atoms with Crippen molar-refractivity contribution >= 4 is 28.9 Å². The van der Waals surface area contributed by atoms with Crippen molar-refractivity contribution in [1.82, 2.24) is 0 Å². The number of nitro groups is 1. The number of nitrogens with one attached hydrogen (secondary N) is 1. The molecule has 2 rings (SSSR count). The quantitative estimate of drug-likeness (QED) is 0.278. The van der Waals surface area contributed by atoms with Crippen LogP contribution in [0.4, 0.5) is 17.1 Å². The minimum Gasteiger partial charge on any atom is -0.494 e. The van der Waals surface area contributed by atoms with Gasteiger partial charge in [-0.2, -0.15) is 5.26 Å². The van der Waals surface area contributed by atoms with Crippen LogP contribution in [-0.4, -0.2) is 54.8 Å². The molecule has 174 valence electrons. The Morgan fingerprint density at radius 1 is 1.24 bits per heavy atom. The monoisotopic (exact) mass is 456 g/mol. The highest BCUT2D eigenvalue weighted by Gasteiger charge is 2.22. The predicted molar refractivity (Wildman–Crippen MR) is 119 cm³/mol. The fourth-order valence-corrected chi connectivity index (χ4v) is 2.89. The number of aliphatic hydroxyl groups is 1. The van der Waals surface area contributed by atoms with Gasteiger partial charge in [0.05, 0.1) is 36.2 Å². The number of non-ortho nitro benzene ring substituents is 1. The van der Waals surface area contributed by atoms with Gasteiger partial charge >= 0.3 is 5.97 Å². The number of nitriles is 1. The molecule has 11 heteroatoms. The largest absolute Gasteiger partial charge is 0.494 e. The molecule has 0 unspecified atom stereocenters. The third kappa shape index (κ3) is 7.19. The van der Waals surface area contributed by atoms with Gasteiger partial charge in [-0.25, -0.2) is 4.79 Å². The molecule has 0 heterocycles. The molecule has 2 aromatic carbocycles. The molecular formula is C22H24N4O7. The van der Waals surface area contributed by atoms with E-state index in [1.807, 2.05) is 13.0 Å². The van der Waals surface area contributed by atoms with E-state index in [1.54, 1.807) is 24.3 Å². The van der Waals surface area contributed by atoms with Crippen molar-refractivity contribution in [1.29, 1.82) is 5.26 Å². The summed E-state index contributed by atoms with van der Waals surface area (Å²) in [6.45, 7) is 1.66. The van der Waals surface area contributed by atoms with Crippen molar-refractivity contribution in [3.8, 4) is 11.8 Å². The number of nitrogens with zero attached hydrogens (tertiary/aromatic N) is 3. The van der Waals surface area contributed by atoms with Gasteiger partial charge in [0, 0.05) is 36.6 Å². The SMILES string of the molecule is CCOc1ccc(N(CCC#N)C(=O)COC(=O)c2cc([N+](=O)[O-])ccc2NCCO)cc1. The lowest BCUT2D eigenvalue weighted by Crippen LogP contribution is -2.35. The number of anilines is 2. The molecule has 0 atom stereocenters. The van der Waals surface area contributed by atoms with Gasteiger partial charge in [0.15, 0.2) is 6.61 Å². The summed E-state index contributed by atoms with van der Waals surface area (Å²) in [5.74, 6) is -0.897. The van der Waals surface area contributed by atoms with Crippen LogP contribution in [-0.2, 0) is 9.53 Å². The van der Waals surface area contributed by atoms with Crippen molar-refractivity contribution in [3.05, 3.63) is 58.1 Å². The third-order valence-corrected chi connectivity index (χ3v) is 4.40. The first-order valence-corrected chi connectivity index (χ1v) is 10.1. The van der Waals surface area contributed by atoms with Gasteiger partial charge in [0.2, 0.25) is 0 Å². The zero-order valence-electron chi connectivity index (χ0n) is 18.0. The van der Waals surface area contributed by atoms with Crippen LogP contribution in [0, 0.1) is 21.4 Å². The first-order valence-electron chi connectivity index (χ1n) is 10.1. The Balaban J connectivity index is 2.17. The molecule has 0 bridgehead atoms. The molecule has 1 amide bonds. The zero-order chi connectivity index (χ0) is 24.2. The van der Waals surface area contributed by atoms with Gasteiger partial charge < -0.3 is 24.8 Å². The minimum absolute atomic E-state index is 0.0625. The molecule has 0 aliphatic carbocycles. The zero-order valence-corrected chi connectivity index (χ0v) is 18.0. The second-order valence-corrected chi connectivity index (χ2v) is 6.59. The number of aliphatic hydroxyl groups excluding tert-OH is 1. The molecule has 11 nitrogen and oxygen atoms in total. The van der Waals surface area contributed by atoms with Crippen LogP contribution in [0.5, 0.6) is 5.75 Å². The number of rotatable bonds is 12. The average Bonchev–Trinajstić information content (AvgIpc) is 2.82. The van der Waals surface area contributed by atoms with E-state index in [0.717, 1.165) is 6.07 Å². The molecule has 0 spiro atoms. The summed E-state index contributed by atoms with van der Waals surface area (Å²) >= 11 is 0. The highest BCUT2D eigenvalue weighted by molar-refractivity contribution is 6.00. The Morgan fingerprint density at radius 3 is 2.58 bits per heavy atom. The molecule has 0 saturated heterocycles. The van der Waals surface area contributed by atoms with E-state index in [9.17, 15) is 19.7 Å². The van der Waals surface area contributed by atoms with Gasteiger partial charge in [-0.3, -0.25) is 14.9 Å². The van der Waals surface area contributed by atoms with Gasteiger partial charge in [-0.15, -0.1) is 0 Å². The number of nitro benzene ring substituents is 1. The molecule has 0 aliphatic heterocycles. The predicted octanol–water partition coefficient (Wildman–Crippen LogP) is 2.50. The van der Waals surface area contributed by atoms with Crippen LogP contribution < -0.4 is 15.0 Å². The maximum absolute atomic E-state index is 12.8. The number of hydrogen-bond donors (Lipinski definition) is 2. The smallest absolute Gasteiger partial charge is 0.341 e. The average molecular weight is 456 g/mol. The van der Waals surface area contributed by atoms with Crippen LogP contribution >= 0.6 is 0 Å². The molecule has 0 saturated carbocycles. The van der Waals surface area contributed by atoms with Crippen LogP contribution in [0.15, 0.2) is 42.5 Å². The third-order valence-electron chi connectivity index (χ3n) is 4.40. The second kappa shape index (κ2) is 12.6. The van der Waals surface area contributed by atoms with Gasteiger partial charge in [-0.05, 0) is 37.3 Å². The van der Waals surface area contributed by atoms with E-state index in [0.29, 0.717) is 18.0 Å². The van der Waals surface area contributed by atoms with E-state index < -0.39 is 23.4 Å². The number of hydrogen-bond acceptors (Lipinski definition) is 9. The number of ether oxygens (including phenoxy) is 2. The Labute approximate surface area is 190 Å². The van der Waals surface area contributed by atoms with Crippen LogP contribution in [0.3, 0.4) is 0 Å². The number of carbonyl (C=O) groups is 2. The van der Waals surface area contributed by atoms with Crippen molar-refractivity contribution < 1.29 is 29.1 Å². The Kier molecular flexibility index (Phi) is 9.60. The van der Waals surface area contributed by atoms with Crippen molar-refractivity contribution in [2.24, 2.45) is 0 Å². The Hall–Kier alpha value is -4.17. The number of amides is 1. The van der Waals surface area contributed by atoms with E-state index >= 15 is 0 Å². The molecule has 0 fully saturated rings. The summed E-state index contributed by atoms with van der Waals surface area (Å²) in [7, 11) is 0.